The molecule has 1 aromatic heterocycles. The van der Waals surface area contributed by atoms with Crippen molar-refractivity contribution < 1.29 is 15.0 Å². The summed E-state index contributed by atoms with van der Waals surface area (Å²) in [6, 6.07) is 12.6. The number of rotatable bonds is 4. The zero-order valence-electron chi connectivity index (χ0n) is 11.9. The van der Waals surface area contributed by atoms with Gasteiger partial charge in [0, 0.05) is 6.42 Å². The molecule has 3 N–H and O–H groups in total. The van der Waals surface area contributed by atoms with Gasteiger partial charge >= 0.3 is 11.7 Å². The van der Waals surface area contributed by atoms with Crippen molar-refractivity contribution in [3.63, 3.8) is 0 Å². The highest BCUT2D eigenvalue weighted by molar-refractivity contribution is 5.87. The third-order valence-corrected chi connectivity index (χ3v) is 3.41. The minimum absolute atomic E-state index is 0.144. The van der Waals surface area contributed by atoms with Gasteiger partial charge in [-0.1, -0.05) is 12.1 Å². The minimum atomic E-state index is -1.03. The lowest BCUT2D eigenvalue weighted by molar-refractivity contribution is 0.0697. The van der Waals surface area contributed by atoms with E-state index in [1.807, 2.05) is 0 Å². The molecule has 0 aliphatic rings. The molecule has 2 aromatic carbocycles. The third-order valence-electron chi connectivity index (χ3n) is 3.41. The number of aromatic hydroxyl groups is 1. The Hall–Kier alpha value is -3.35. The van der Waals surface area contributed by atoms with Crippen LogP contribution >= 0.6 is 0 Å². The molecule has 0 radical (unpaired) electrons. The highest BCUT2D eigenvalue weighted by Gasteiger charge is 2.12. The average molecular weight is 311 g/mol. The lowest BCUT2D eigenvalue weighted by Gasteiger charge is -2.06. The molecule has 0 atom stereocenters. The lowest BCUT2D eigenvalue weighted by Crippen LogP contribution is -2.17. The number of carbonyl (C=O) groups is 1. The second kappa shape index (κ2) is 5.80. The van der Waals surface area contributed by atoms with Gasteiger partial charge in [0.25, 0.3) is 0 Å². The summed E-state index contributed by atoms with van der Waals surface area (Å²) >= 11 is 0. The number of hydrogen-bond donors (Lipinski definition) is 3. The zero-order valence-corrected chi connectivity index (χ0v) is 11.9. The molecule has 0 unspecified atom stereocenters. The van der Waals surface area contributed by atoms with E-state index in [-0.39, 0.29) is 11.3 Å². The molecule has 3 rings (SSSR count). The second-order valence-corrected chi connectivity index (χ2v) is 4.98. The highest BCUT2D eigenvalue weighted by Crippen LogP contribution is 2.15. The summed E-state index contributed by atoms with van der Waals surface area (Å²) in [5, 5.41) is 24.6. The van der Waals surface area contributed by atoms with Crippen molar-refractivity contribution in [2.24, 2.45) is 0 Å². The summed E-state index contributed by atoms with van der Waals surface area (Å²) in [4.78, 5) is 22.9. The standard InChI is InChI=1S/C16H13N3O4/c20-13-7-1-10(2-8-13)9-14-17-18-16(23)19(14)12-5-3-11(4-6-12)15(21)22/h1-8,20H,9H2,(H,18,23)(H,21,22). The fourth-order valence-corrected chi connectivity index (χ4v) is 2.26. The fraction of sp³-hybridized carbons (Fsp3) is 0.0625. The highest BCUT2D eigenvalue weighted by atomic mass is 16.4. The monoisotopic (exact) mass is 311 g/mol. The van der Waals surface area contributed by atoms with E-state index in [4.69, 9.17) is 5.11 Å². The summed E-state index contributed by atoms with van der Waals surface area (Å²) < 4.78 is 1.39. The van der Waals surface area contributed by atoms with Crippen LogP contribution in [0.25, 0.3) is 5.69 Å². The van der Waals surface area contributed by atoms with E-state index in [2.05, 4.69) is 10.2 Å². The van der Waals surface area contributed by atoms with Crippen LogP contribution in [0.4, 0.5) is 0 Å². The maximum Gasteiger partial charge on any atom is 0.347 e. The summed E-state index contributed by atoms with van der Waals surface area (Å²) in [6.07, 6.45) is 0.389. The van der Waals surface area contributed by atoms with Crippen molar-refractivity contribution in [2.45, 2.75) is 6.42 Å². The van der Waals surface area contributed by atoms with Crippen LogP contribution in [-0.2, 0) is 6.42 Å². The molecule has 3 aromatic rings. The normalized spacial score (nSPS) is 10.6. The van der Waals surface area contributed by atoms with Gasteiger partial charge in [-0.3, -0.25) is 0 Å². The number of H-pyrrole nitrogens is 1. The van der Waals surface area contributed by atoms with Crippen LogP contribution in [0.2, 0.25) is 0 Å². The molecule has 23 heavy (non-hydrogen) atoms. The summed E-state index contributed by atoms with van der Waals surface area (Å²) in [5.41, 5.74) is 1.15. The number of hydrogen-bond acceptors (Lipinski definition) is 4. The second-order valence-electron chi connectivity index (χ2n) is 4.98. The first-order valence-electron chi connectivity index (χ1n) is 6.82. The molecule has 0 amide bonds. The molecular formula is C16H13N3O4. The number of nitrogens with one attached hydrogen (secondary N) is 1. The van der Waals surface area contributed by atoms with Crippen LogP contribution in [0.15, 0.2) is 53.3 Å². The molecule has 0 aliphatic carbocycles. The molecule has 0 bridgehead atoms. The van der Waals surface area contributed by atoms with Crippen LogP contribution in [0.3, 0.4) is 0 Å². The number of aromatic amines is 1. The lowest BCUT2D eigenvalue weighted by atomic mass is 10.1. The third kappa shape index (κ3) is 2.98. The maximum atomic E-state index is 12.0. The molecule has 0 saturated carbocycles. The first-order chi connectivity index (χ1) is 11.0. The van der Waals surface area contributed by atoms with Crippen LogP contribution in [0.1, 0.15) is 21.7 Å². The van der Waals surface area contributed by atoms with Gasteiger partial charge in [0.05, 0.1) is 11.3 Å². The quantitative estimate of drug-likeness (QED) is 0.677. The first-order valence-corrected chi connectivity index (χ1v) is 6.82. The van der Waals surface area contributed by atoms with Gasteiger partial charge < -0.3 is 10.2 Å². The van der Waals surface area contributed by atoms with Crippen LogP contribution in [0.5, 0.6) is 5.75 Å². The topological polar surface area (TPSA) is 108 Å². The smallest absolute Gasteiger partial charge is 0.347 e. The summed E-state index contributed by atoms with van der Waals surface area (Å²) in [6.45, 7) is 0. The predicted molar refractivity (Wildman–Crippen MR) is 82.1 cm³/mol. The van der Waals surface area contributed by atoms with Crippen molar-refractivity contribution in [1.29, 1.82) is 0 Å². The number of aromatic carboxylic acids is 1. The van der Waals surface area contributed by atoms with E-state index < -0.39 is 11.7 Å². The number of phenolic OH excluding ortho intramolecular Hbond substituents is 1. The van der Waals surface area contributed by atoms with Crippen LogP contribution in [-0.4, -0.2) is 30.9 Å². The molecule has 1 heterocycles. The van der Waals surface area contributed by atoms with E-state index in [9.17, 15) is 14.7 Å². The molecule has 0 fully saturated rings. The van der Waals surface area contributed by atoms with Gasteiger partial charge in [0.2, 0.25) is 0 Å². The van der Waals surface area contributed by atoms with Crippen molar-refractivity contribution in [3.8, 4) is 11.4 Å². The fourth-order valence-electron chi connectivity index (χ4n) is 2.26. The van der Waals surface area contributed by atoms with Crippen molar-refractivity contribution in [3.05, 3.63) is 76.0 Å². The molecular weight excluding hydrogens is 298 g/mol. The van der Waals surface area contributed by atoms with Gasteiger partial charge in [-0.2, -0.15) is 5.10 Å². The van der Waals surface area contributed by atoms with Gasteiger partial charge in [0.15, 0.2) is 0 Å². The van der Waals surface area contributed by atoms with E-state index >= 15 is 0 Å². The van der Waals surface area contributed by atoms with Crippen LogP contribution in [0, 0.1) is 0 Å². The number of phenols is 1. The van der Waals surface area contributed by atoms with Crippen molar-refractivity contribution in [2.75, 3.05) is 0 Å². The van der Waals surface area contributed by atoms with Gasteiger partial charge in [-0.15, -0.1) is 0 Å². The molecule has 0 aliphatic heterocycles. The van der Waals surface area contributed by atoms with Crippen molar-refractivity contribution in [1.82, 2.24) is 14.8 Å². The molecule has 0 saturated heterocycles. The van der Waals surface area contributed by atoms with E-state index in [0.29, 0.717) is 17.9 Å². The molecule has 116 valence electrons. The Balaban J connectivity index is 1.96. The number of carboxylic acids is 1. The largest absolute Gasteiger partial charge is 0.508 e. The van der Waals surface area contributed by atoms with Gasteiger partial charge in [0.1, 0.15) is 11.6 Å². The Bertz CT molecular complexity index is 892. The Labute approximate surface area is 130 Å². The van der Waals surface area contributed by atoms with Gasteiger partial charge in [-0.25, -0.2) is 19.3 Å². The SMILES string of the molecule is O=C(O)c1ccc(-n2c(Cc3ccc(O)cc3)n[nH]c2=O)cc1. The average Bonchev–Trinajstić information content (AvgIpc) is 2.90. The summed E-state index contributed by atoms with van der Waals surface area (Å²) in [7, 11) is 0. The molecule has 7 nitrogen and oxygen atoms in total. The van der Waals surface area contributed by atoms with E-state index in [1.54, 1.807) is 36.4 Å². The van der Waals surface area contributed by atoms with Gasteiger partial charge in [-0.05, 0) is 42.0 Å². The Morgan fingerprint density at radius 2 is 1.74 bits per heavy atom. The number of benzene rings is 2. The molecule has 7 heteroatoms. The van der Waals surface area contributed by atoms with Crippen molar-refractivity contribution >= 4 is 5.97 Å². The number of aromatic nitrogens is 3. The number of nitrogens with zero attached hydrogens (tertiary/aromatic N) is 2. The number of carboxylic acid groups (broad SMARTS) is 1. The Morgan fingerprint density at radius 3 is 2.35 bits per heavy atom. The van der Waals surface area contributed by atoms with Crippen LogP contribution < -0.4 is 5.69 Å². The maximum absolute atomic E-state index is 12.0. The Kier molecular flexibility index (Phi) is 3.68. The van der Waals surface area contributed by atoms with E-state index in [1.165, 1.54) is 16.7 Å². The van der Waals surface area contributed by atoms with E-state index in [0.717, 1.165) is 5.56 Å². The zero-order chi connectivity index (χ0) is 16.4. The summed E-state index contributed by atoms with van der Waals surface area (Å²) in [5.74, 6) is -0.374. The first kappa shape index (κ1) is 14.6. The molecule has 0 spiro atoms. The minimum Gasteiger partial charge on any atom is -0.508 e. The Morgan fingerprint density at radius 1 is 1.09 bits per heavy atom. The predicted octanol–water partition coefficient (Wildman–Crippen LogP) is 1.56.